The zero-order valence-corrected chi connectivity index (χ0v) is 15.6. The SMILES string of the molecule is CC(C)C1C(=O)N(CC(=O)[O-])C(c2ccccc2)=CN1C(=O)c1cccnc1. The highest BCUT2D eigenvalue weighted by Crippen LogP contribution is 2.30. The Kier molecular flexibility index (Phi) is 5.54. The molecule has 0 radical (unpaired) electrons. The van der Waals surface area contributed by atoms with Crippen molar-refractivity contribution in [2.24, 2.45) is 5.92 Å². The molecule has 0 saturated heterocycles. The van der Waals surface area contributed by atoms with Gasteiger partial charge < -0.3 is 19.7 Å². The van der Waals surface area contributed by atoms with Crippen LogP contribution in [0.4, 0.5) is 0 Å². The molecule has 1 aromatic heterocycles. The summed E-state index contributed by atoms with van der Waals surface area (Å²) in [4.78, 5) is 44.1. The fraction of sp³-hybridized carbons (Fsp3) is 0.238. The van der Waals surface area contributed by atoms with Crippen LogP contribution in [0.1, 0.15) is 29.8 Å². The van der Waals surface area contributed by atoms with E-state index in [1.165, 1.54) is 16.0 Å². The molecule has 0 N–H and O–H groups in total. The maximum atomic E-state index is 13.2. The predicted molar refractivity (Wildman–Crippen MR) is 100 cm³/mol. The highest BCUT2D eigenvalue weighted by atomic mass is 16.4. The minimum absolute atomic E-state index is 0.231. The van der Waals surface area contributed by atoms with Gasteiger partial charge in [-0.1, -0.05) is 44.2 Å². The molecule has 0 spiro atoms. The second-order valence-electron chi connectivity index (χ2n) is 6.82. The molecule has 1 unspecified atom stereocenters. The number of pyridine rings is 1. The molecule has 7 nitrogen and oxygen atoms in total. The lowest BCUT2D eigenvalue weighted by Crippen LogP contribution is -2.56. The Morgan fingerprint density at radius 2 is 1.86 bits per heavy atom. The molecule has 1 aliphatic heterocycles. The van der Waals surface area contributed by atoms with Crippen LogP contribution < -0.4 is 5.11 Å². The number of aromatic nitrogens is 1. The summed E-state index contributed by atoms with van der Waals surface area (Å²) in [5.41, 5.74) is 1.31. The molecule has 7 heteroatoms. The molecule has 3 rings (SSSR count). The first-order chi connectivity index (χ1) is 13.4. The number of rotatable bonds is 5. The molecule has 0 fully saturated rings. The number of hydrogen-bond acceptors (Lipinski definition) is 5. The van der Waals surface area contributed by atoms with Gasteiger partial charge in [-0.15, -0.1) is 0 Å². The van der Waals surface area contributed by atoms with Gasteiger partial charge in [0, 0.05) is 18.6 Å². The standard InChI is InChI=1S/C21H21N3O4/c1-14(2)19-21(28)23(13-18(25)26)17(15-7-4-3-5-8-15)12-24(19)20(27)16-9-6-10-22-11-16/h3-12,14,19H,13H2,1-2H3,(H,25,26)/p-1. The maximum Gasteiger partial charge on any atom is 0.260 e. The normalized spacial score (nSPS) is 16.9. The number of nitrogens with zero attached hydrogens (tertiary/aromatic N) is 3. The number of carbonyl (C=O) groups is 3. The molecule has 1 atom stereocenters. The molecule has 1 aliphatic rings. The predicted octanol–water partition coefficient (Wildman–Crippen LogP) is 1.14. The van der Waals surface area contributed by atoms with Crippen molar-refractivity contribution in [3.05, 3.63) is 72.2 Å². The summed E-state index contributed by atoms with van der Waals surface area (Å²) < 4.78 is 0. The molecule has 2 aromatic rings. The summed E-state index contributed by atoms with van der Waals surface area (Å²) in [7, 11) is 0. The molecular formula is C21H20N3O4-. The fourth-order valence-electron chi connectivity index (χ4n) is 3.24. The van der Waals surface area contributed by atoms with Gasteiger partial charge in [0.15, 0.2) is 0 Å². The Balaban J connectivity index is 2.14. The lowest BCUT2D eigenvalue weighted by molar-refractivity contribution is -0.305. The number of carboxylic acids is 1. The van der Waals surface area contributed by atoms with E-state index in [0.29, 0.717) is 16.8 Å². The van der Waals surface area contributed by atoms with Crippen LogP contribution >= 0.6 is 0 Å². The van der Waals surface area contributed by atoms with Gasteiger partial charge in [0.2, 0.25) is 0 Å². The number of amides is 2. The van der Waals surface area contributed by atoms with E-state index in [2.05, 4.69) is 4.98 Å². The average Bonchev–Trinajstić information content (AvgIpc) is 2.69. The quantitative estimate of drug-likeness (QED) is 0.778. The van der Waals surface area contributed by atoms with Crippen LogP contribution in [-0.4, -0.2) is 45.2 Å². The maximum absolute atomic E-state index is 13.2. The summed E-state index contributed by atoms with van der Waals surface area (Å²) in [6.07, 6.45) is 4.54. The van der Waals surface area contributed by atoms with E-state index in [1.54, 1.807) is 48.8 Å². The minimum atomic E-state index is -1.37. The van der Waals surface area contributed by atoms with Crippen LogP contribution in [0.15, 0.2) is 61.1 Å². The molecule has 2 heterocycles. The summed E-state index contributed by atoms with van der Waals surface area (Å²) in [5.74, 6) is -2.44. The Morgan fingerprint density at radius 1 is 1.14 bits per heavy atom. The Bertz CT molecular complexity index is 910. The van der Waals surface area contributed by atoms with Gasteiger partial charge in [-0.2, -0.15) is 0 Å². The number of benzene rings is 1. The van der Waals surface area contributed by atoms with Crippen molar-refractivity contribution in [1.82, 2.24) is 14.8 Å². The molecule has 0 aliphatic carbocycles. The summed E-state index contributed by atoms with van der Waals surface area (Å²) in [6, 6.07) is 11.3. The first kappa shape index (κ1) is 19.3. The van der Waals surface area contributed by atoms with Gasteiger partial charge in [0.05, 0.1) is 23.8 Å². The lowest BCUT2D eigenvalue weighted by Gasteiger charge is -2.41. The van der Waals surface area contributed by atoms with Crippen molar-refractivity contribution in [1.29, 1.82) is 0 Å². The van der Waals surface area contributed by atoms with E-state index >= 15 is 0 Å². The molecule has 1 aromatic carbocycles. The van der Waals surface area contributed by atoms with Crippen LogP contribution in [0.5, 0.6) is 0 Å². The topological polar surface area (TPSA) is 93.6 Å². The summed E-state index contributed by atoms with van der Waals surface area (Å²) in [6.45, 7) is 3.03. The van der Waals surface area contributed by atoms with Gasteiger partial charge in [-0.05, 0) is 23.6 Å². The van der Waals surface area contributed by atoms with E-state index in [4.69, 9.17) is 0 Å². The van der Waals surface area contributed by atoms with Crippen LogP contribution in [0.3, 0.4) is 0 Å². The first-order valence-electron chi connectivity index (χ1n) is 8.91. The van der Waals surface area contributed by atoms with Crippen LogP contribution in [0.25, 0.3) is 5.70 Å². The van der Waals surface area contributed by atoms with E-state index in [9.17, 15) is 19.5 Å². The van der Waals surface area contributed by atoms with E-state index in [-0.39, 0.29) is 11.8 Å². The Labute approximate surface area is 162 Å². The van der Waals surface area contributed by atoms with Crippen LogP contribution in [-0.2, 0) is 9.59 Å². The lowest BCUT2D eigenvalue weighted by atomic mass is 9.96. The fourth-order valence-corrected chi connectivity index (χ4v) is 3.24. The van der Waals surface area contributed by atoms with Gasteiger partial charge >= 0.3 is 0 Å². The second-order valence-corrected chi connectivity index (χ2v) is 6.82. The highest BCUT2D eigenvalue weighted by molar-refractivity contribution is 6.03. The number of carbonyl (C=O) groups excluding carboxylic acids is 3. The summed E-state index contributed by atoms with van der Waals surface area (Å²) >= 11 is 0. The van der Waals surface area contributed by atoms with Crippen molar-refractivity contribution in [2.45, 2.75) is 19.9 Å². The van der Waals surface area contributed by atoms with Crippen molar-refractivity contribution >= 4 is 23.5 Å². The third-order valence-electron chi connectivity index (χ3n) is 4.50. The highest BCUT2D eigenvalue weighted by Gasteiger charge is 2.40. The van der Waals surface area contributed by atoms with Crippen molar-refractivity contribution in [3.63, 3.8) is 0 Å². The second kappa shape index (κ2) is 8.04. The first-order valence-corrected chi connectivity index (χ1v) is 8.91. The molecule has 144 valence electrons. The summed E-state index contributed by atoms with van der Waals surface area (Å²) in [5, 5.41) is 11.3. The monoisotopic (exact) mass is 378 g/mol. The largest absolute Gasteiger partial charge is 0.548 e. The average molecular weight is 378 g/mol. The minimum Gasteiger partial charge on any atom is -0.548 e. The zero-order chi connectivity index (χ0) is 20.3. The zero-order valence-electron chi connectivity index (χ0n) is 15.6. The Morgan fingerprint density at radius 3 is 2.43 bits per heavy atom. The third-order valence-corrected chi connectivity index (χ3v) is 4.50. The molecule has 28 heavy (non-hydrogen) atoms. The van der Waals surface area contributed by atoms with Crippen LogP contribution in [0.2, 0.25) is 0 Å². The number of hydrogen-bond donors (Lipinski definition) is 0. The molecular weight excluding hydrogens is 358 g/mol. The molecule has 2 amide bonds. The third kappa shape index (κ3) is 3.78. The molecule has 0 bridgehead atoms. The number of carboxylic acid groups (broad SMARTS) is 1. The van der Waals surface area contributed by atoms with Crippen molar-refractivity contribution in [2.75, 3.05) is 6.54 Å². The smallest absolute Gasteiger partial charge is 0.260 e. The van der Waals surface area contributed by atoms with E-state index in [1.807, 2.05) is 19.9 Å². The van der Waals surface area contributed by atoms with Gasteiger partial charge in [0.1, 0.15) is 6.04 Å². The van der Waals surface area contributed by atoms with E-state index in [0.717, 1.165) is 0 Å². The van der Waals surface area contributed by atoms with Crippen LogP contribution in [0, 0.1) is 5.92 Å². The van der Waals surface area contributed by atoms with E-state index < -0.39 is 24.5 Å². The molecule has 0 saturated carbocycles. The van der Waals surface area contributed by atoms with Gasteiger partial charge in [0.25, 0.3) is 11.8 Å². The number of aliphatic carboxylic acids is 1. The van der Waals surface area contributed by atoms with Crippen molar-refractivity contribution < 1.29 is 19.5 Å². The van der Waals surface area contributed by atoms with Gasteiger partial charge in [-0.25, -0.2) is 0 Å². The van der Waals surface area contributed by atoms with Gasteiger partial charge in [-0.3, -0.25) is 14.6 Å². The van der Waals surface area contributed by atoms with Crippen molar-refractivity contribution in [3.8, 4) is 0 Å². The Hall–Kier alpha value is -3.48.